The van der Waals surface area contributed by atoms with Gasteiger partial charge in [0.2, 0.25) is 0 Å². The number of nitrogens with one attached hydrogen (secondary N) is 1. The van der Waals surface area contributed by atoms with E-state index in [4.69, 9.17) is 15.2 Å². The van der Waals surface area contributed by atoms with Crippen molar-refractivity contribution < 1.29 is 14.6 Å². The van der Waals surface area contributed by atoms with Gasteiger partial charge in [0.25, 0.3) is 0 Å². The van der Waals surface area contributed by atoms with Gasteiger partial charge >= 0.3 is 0 Å². The lowest BCUT2D eigenvalue weighted by molar-refractivity contribution is -0.0839. The number of ether oxygens (including phenoxy) is 2. The second-order valence-electron chi connectivity index (χ2n) is 6.92. The summed E-state index contributed by atoms with van der Waals surface area (Å²) in [5.41, 5.74) is 6.64. The zero-order valence-corrected chi connectivity index (χ0v) is 15.2. The van der Waals surface area contributed by atoms with Gasteiger partial charge in [-0.1, -0.05) is 20.4 Å². The molecule has 0 amide bonds. The fraction of sp³-hybridized carbons (Fsp3) is 0.706. The molecule has 0 radical (unpaired) electrons. The maximum Gasteiger partial charge on any atom is 0.163 e. The van der Waals surface area contributed by atoms with E-state index in [2.05, 4.69) is 16.9 Å². The number of hydrogen-bond donors (Lipinski definition) is 3. The minimum absolute atomic E-state index is 0.0981. The normalized spacial score (nSPS) is 31.0. The summed E-state index contributed by atoms with van der Waals surface area (Å²) in [6.45, 7) is 14.2. The minimum Gasteiger partial charge on any atom is -0.387 e. The van der Waals surface area contributed by atoms with Crippen molar-refractivity contribution in [1.82, 2.24) is 10.2 Å². The van der Waals surface area contributed by atoms with Gasteiger partial charge in [-0.2, -0.15) is 0 Å². The van der Waals surface area contributed by atoms with Crippen LogP contribution in [0.4, 0.5) is 0 Å². The highest BCUT2D eigenvalue weighted by Crippen LogP contribution is 2.29. The highest BCUT2D eigenvalue weighted by atomic mass is 16.6. The number of amidine groups is 1. The monoisotopic (exact) mass is 338 g/mol. The maximum atomic E-state index is 10.8. The molecule has 0 aromatic heterocycles. The third kappa shape index (κ3) is 4.16. The first-order chi connectivity index (χ1) is 11.2. The van der Waals surface area contributed by atoms with E-state index in [0.717, 1.165) is 5.57 Å². The Morgan fingerprint density at radius 1 is 1.46 bits per heavy atom. The van der Waals surface area contributed by atoms with Crippen molar-refractivity contribution in [3.63, 3.8) is 0 Å². The molecule has 136 valence electrons. The van der Waals surface area contributed by atoms with Crippen molar-refractivity contribution in [2.24, 2.45) is 10.7 Å². The van der Waals surface area contributed by atoms with Crippen LogP contribution in [-0.2, 0) is 9.47 Å². The van der Waals surface area contributed by atoms with Gasteiger partial charge in [-0.3, -0.25) is 0 Å². The van der Waals surface area contributed by atoms with Crippen LogP contribution >= 0.6 is 0 Å². The third-order valence-electron chi connectivity index (χ3n) is 4.05. The zero-order chi connectivity index (χ0) is 18.0. The summed E-state index contributed by atoms with van der Waals surface area (Å²) in [5.74, 6) is 0.885. The van der Waals surface area contributed by atoms with Crippen molar-refractivity contribution in [2.45, 2.75) is 71.2 Å². The molecule has 0 saturated carbocycles. The Labute approximate surface area is 144 Å². The molecule has 2 rings (SSSR count). The predicted molar refractivity (Wildman–Crippen MR) is 94.2 cm³/mol. The number of nitrogens with two attached hydrogens (primary N) is 1. The molecule has 0 spiro atoms. The van der Waals surface area contributed by atoms with Crippen LogP contribution < -0.4 is 11.1 Å². The topological polar surface area (TPSA) is 92.3 Å². The Kier molecular flexibility index (Phi) is 6.03. The van der Waals surface area contributed by atoms with Crippen LogP contribution in [0.3, 0.4) is 0 Å². The van der Waals surface area contributed by atoms with Crippen LogP contribution in [-0.4, -0.2) is 59.1 Å². The van der Waals surface area contributed by atoms with Crippen molar-refractivity contribution in [3.8, 4) is 0 Å². The molecule has 1 fully saturated rings. The Hall–Kier alpha value is -1.41. The molecule has 24 heavy (non-hydrogen) atoms. The molecule has 1 saturated heterocycles. The summed E-state index contributed by atoms with van der Waals surface area (Å²) >= 11 is 0. The van der Waals surface area contributed by atoms with Crippen LogP contribution in [0.25, 0.3) is 0 Å². The van der Waals surface area contributed by atoms with E-state index in [1.807, 2.05) is 40.8 Å². The van der Waals surface area contributed by atoms with E-state index in [0.29, 0.717) is 18.3 Å². The molecule has 7 nitrogen and oxygen atoms in total. The molecular weight excluding hydrogens is 308 g/mol. The van der Waals surface area contributed by atoms with Crippen molar-refractivity contribution in [2.75, 3.05) is 6.61 Å². The van der Waals surface area contributed by atoms with E-state index in [1.54, 1.807) is 4.90 Å². The lowest BCUT2D eigenvalue weighted by atomic mass is 10.1. The Morgan fingerprint density at radius 2 is 2.12 bits per heavy atom. The Morgan fingerprint density at radius 3 is 2.71 bits per heavy atom. The number of hydrogen-bond acceptors (Lipinski definition) is 7. The summed E-state index contributed by atoms with van der Waals surface area (Å²) in [4.78, 5) is 5.96. The van der Waals surface area contributed by atoms with Crippen LogP contribution in [0.1, 0.15) is 34.6 Å². The summed E-state index contributed by atoms with van der Waals surface area (Å²) in [6.07, 6.45) is 0.321. The summed E-state index contributed by atoms with van der Waals surface area (Å²) < 4.78 is 11.8. The Bertz CT molecular complexity index is 530. The average molecular weight is 338 g/mol. The standard InChI is InChI=1S/C17H30N4O3/c1-9(2)19-14-13(8-23-10(3)4)24-17(15(14)22)21-7-11(5)16(18)20-12(21)6/h7,9-10,13-15,17,19,22H,6,8H2,1-5H3,(H2,18,20)/t13-,14?,15+,17-/m1/s1. The van der Waals surface area contributed by atoms with Crippen molar-refractivity contribution in [1.29, 1.82) is 0 Å². The van der Waals surface area contributed by atoms with E-state index >= 15 is 0 Å². The van der Waals surface area contributed by atoms with Crippen molar-refractivity contribution in [3.05, 3.63) is 24.2 Å². The summed E-state index contributed by atoms with van der Waals surface area (Å²) in [6, 6.07) is -0.0254. The van der Waals surface area contributed by atoms with Gasteiger partial charge in [0.05, 0.1) is 18.8 Å². The zero-order valence-electron chi connectivity index (χ0n) is 15.2. The van der Waals surface area contributed by atoms with Gasteiger partial charge in [0.15, 0.2) is 6.23 Å². The molecule has 4 atom stereocenters. The summed E-state index contributed by atoms with van der Waals surface area (Å²) in [5, 5.41) is 14.2. The fourth-order valence-corrected chi connectivity index (χ4v) is 2.85. The van der Waals surface area contributed by atoms with Gasteiger partial charge in [-0.05, 0) is 20.8 Å². The highest BCUT2D eigenvalue weighted by Gasteiger charge is 2.47. The lowest BCUT2D eigenvalue weighted by Gasteiger charge is -2.32. The van der Waals surface area contributed by atoms with Crippen LogP contribution in [0, 0.1) is 0 Å². The second-order valence-corrected chi connectivity index (χ2v) is 6.92. The first-order valence-corrected chi connectivity index (χ1v) is 8.42. The van der Waals surface area contributed by atoms with E-state index < -0.39 is 12.3 Å². The van der Waals surface area contributed by atoms with Gasteiger partial charge in [0, 0.05) is 17.8 Å². The minimum atomic E-state index is -0.747. The van der Waals surface area contributed by atoms with Gasteiger partial charge in [0.1, 0.15) is 23.9 Å². The molecule has 4 N–H and O–H groups in total. The molecule has 0 aromatic rings. The molecule has 2 aliphatic heterocycles. The smallest absolute Gasteiger partial charge is 0.163 e. The van der Waals surface area contributed by atoms with E-state index in [9.17, 15) is 5.11 Å². The molecule has 7 heteroatoms. The fourth-order valence-electron chi connectivity index (χ4n) is 2.85. The van der Waals surface area contributed by atoms with Gasteiger partial charge in [-0.15, -0.1) is 0 Å². The first kappa shape index (κ1) is 18.9. The van der Waals surface area contributed by atoms with Crippen LogP contribution in [0.2, 0.25) is 0 Å². The molecule has 1 unspecified atom stereocenters. The number of nitrogens with zero attached hydrogens (tertiary/aromatic N) is 2. The summed E-state index contributed by atoms with van der Waals surface area (Å²) in [7, 11) is 0. The first-order valence-electron chi connectivity index (χ1n) is 8.42. The van der Waals surface area contributed by atoms with Gasteiger partial charge < -0.3 is 30.5 Å². The van der Waals surface area contributed by atoms with E-state index in [1.165, 1.54) is 0 Å². The molecule has 0 aliphatic carbocycles. The quantitative estimate of drug-likeness (QED) is 0.667. The molecular formula is C17H30N4O3. The maximum absolute atomic E-state index is 10.8. The third-order valence-corrected chi connectivity index (χ3v) is 4.05. The SMILES string of the molecule is C=C1N=C(N)C(C)=CN1[C@@H]1O[C@H](COC(C)C)C(NC(C)C)[C@@H]1O. The number of aliphatic hydroxyl groups excluding tert-OH is 1. The molecule has 2 aliphatic rings. The largest absolute Gasteiger partial charge is 0.387 e. The molecule has 2 heterocycles. The van der Waals surface area contributed by atoms with Crippen LogP contribution in [0.15, 0.2) is 29.2 Å². The number of rotatable bonds is 6. The highest BCUT2D eigenvalue weighted by molar-refractivity contribution is 5.97. The van der Waals surface area contributed by atoms with Gasteiger partial charge in [-0.25, -0.2) is 4.99 Å². The predicted octanol–water partition coefficient (Wildman–Crippen LogP) is 0.912. The van der Waals surface area contributed by atoms with Crippen molar-refractivity contribution >= 4 is 5.84 Å². The number of aliphatic imine (C=N–C) groups is 1. The second kappa shape index (κ2) is 7.65. The average Bonchev–Trinajstić information content (AvgIpc) is 2.77. The molecule has 0 bridgehead atoms. The van der Waals surface area contributed by atoms with Crippen LogP contribution in [0.5, 0.6) is 0 Å². The molecule has 0 aromatic carbocycles. The lowest BCUT2D eigenvalue weighted by Crippen LogP contribution is -2.50. The Balaban J connectivity index is 2.18. The van der Waals surface area contributed by atoms with E-state index in [-0.39, 0.29) is 24.3 Å². The number of aliphatic hydroxyl groups is 1.